The van der Waals surface area contributed by atoms with Crippen LogP contribution in [0.1, 0.15) is 29.8 Å². The maximum atomic E-state index is 12.0. The molecule has 1 aliphatic heterocycles. The number of carbonyl (C=O) groups excluding carboxylic acids is 1. The summed E-state index contributed by atoms with van der Waals surface area (Å²) in [6, 6.07) is 0. The standard InChI is InChI=1S/C12H17N3O4/c16-11(17)3-6-19-9-1-4-15(5-2-9)12(18)10-7-13-8-14-10/h7-9H,1-6H2,(H,13,14)(H,16,17). The lowest BCUT2D eigenvalue weighted by atomic mass is 10.1. The van der Waals surface area contributed by atoms with Crippen LogP contribution in [-0.2, 0) is 9.53 Å². The van der Waals surface area contributed by atoms with E-state index in [4.69, 9.17) is 9.84 Å². The number of hydrogen-bond acceptors (Lipinski definition) is 4. The predicted molar refractivity (Wildman–Crippen MR) is 65.7 cm³/mol. The Balaban J connectivity index is 1.73. The lowest BCUT2D eigenvalue weighted by molar-refractivity contribution is -0.138. The Hall–Kier alpha value is -1.89. The molecule has 0 radical (unpaired) electrons. The topological polar surface area (TPSA) is 95.5 Å². The third-order valence-electron chi connectivity index (χ3n) is 3.13. The van der Waals surface area contributed by atoms with E-state index in [9.17, 15) is 9.59 Å². The van der Waals surface area contributed by atoms with Crippen LogP contribution in [-0.4, -0.2) is 57.7 Å². The molecule has 1 saturated heterocycles. The van der Waals surface area contributed by atoms with Crippen molar-refractivity contribution in [2.24, 2.45) is 0 Å². The van der Waals surface area contributed by atoms with Crippen molar-refractivity contribution in [3.8, 4) is 0 Å². The van der Waals surface area contributed by atoms with Crippen LogP contribution in [0.25, 0.3) is 0 Å². The molecular formula is C12H17N3O4. The van der Waals surface area contributed by atoms with Gasteiger partial charge in [-0.1, -0.05) is 0 Å². The number of likely N-dealkylation sites (tertiary alicyclic amines) is 1. The molecule has 1 aromatic rings. The molecule has 1 fully saturated rings. The molecule has 2 heterocycles. The smallest absolute Gasteiger partial charge is 0.305 e. The predicted octanol–water partition coefficient (Wildman–Crippen LogP) is 0.506. The van der Waals surface area contributed by atoms with Crippen molar-refractivity contribution in [3.05, 3.63) is 18.2 Å². The maximum Gasteiger partial charge on any atom is 0.305 e. The van der Waals surface area contributed by atoms with Crippen molar-refractivity contribution in [1.29, 1.82) is 0 Å². The summed E-state index contributed by atoms with van der Waals surface area (Å²) in [5, 5.41) is 8.52. The van der Waals surface area contributed by atoms with Crippen molar-refractivity contribution in [1.82, 2.24) is 14.9 Å². The summed E-state index contributed by atoms with van der Waals surface area (Å²) in [6.07, 6.45) is 4.53. The minimum atomic E-state index is -0.855. The van der Waals surface area contributed by atoms with E-state index in [0.29, 0.717) is 18.8 Å². The molecule has 2 N–H and O–H groups in total. The summed E-state index contributed by atoms with van der Waals surface area (Å²) in [5.74, 6) is -0.909. The zero-order valence-corrected chi connectivity index (χ0v) is 10.5. The molecular weight excluding hydrogens is 250 g/mol. The van der Waals surface area contributed by atoms with Gasteiger partial charge in [-0.2, -0.15) is 0 Å². The third kappa shape index (κ3) is 3.78. The SMILES string of the molecule is O=C(O)CCOC1CCN(C(=O)c2cnc[nH]2)CC1. The number of aromatic nitrogens is 2. The van der Waals surface area contributed by atoms with Gasteiger partial charge in [0.15, 0.2) is 0 Å². The van der Waals surface area contributed by atoms with E-state index >= 15 is 0 Å². The van der Waals surface area contributed by atoms with E-state index in [0.717, 1.165) is 12.8 Å². The first-order chi connectivity index (χ1) is 9.16. The highest BCUT2D eigenvalue weighted by atomic mass is 16.5. The van der Waals surface area contributed by atoms with Gasteiger partial charge in [-0.3, -0.25) is 9.59 Å². The molecule has 0 aromatic carbocycles. The number of H-pyrrole nitrogens is 1. The molecule has 0 unspecified atom stereocenters. The first kappa shape index (κ1) is 13.5. The van der Waals surface area contributed by atoms with Gasteiger partial charge >= 0.3 is 5.97 Å². The number of piperidine rings is 1. The Labute approximate surface area is 110 Å². The van der Waals surface area contributed by atoms with Gasteiger partial charge in [0.2, 0.25) is 0 Å². The summed E-state index contributed by atoms with van der Waals surface area (Å²) in [5.41, 5.74) is 0.491. The maximum absolute atomic E-state index is 12.0. The highest BCUT2D eigenvalue weighted by Gasteiger charge is 2.24. The number of ether oxygens (including phenoxy) is 1. The van der Waals surface area contributed by atoms with Gasteiger partial charge in [-0.05, 0) is 12.8 Å². The van der Waals surface area contributed by atoms with Crippen LogP contribution >= 0.6 is 0 Å². The summed E-state index contributed by atoms with van der Waals surface area (Å²) in [4.78, 5) is 30.8. The van der Waals surface area contributed by atoms with Gasteiger partial charge in [-0.15, -0.1) is 0 Å². The molecule has 19 heavy (non-hydrogen) atoms. The van der Waals surface area contributed by atoms with Gasteiger partial charge in [0, 0.05) is 13.1 Å². The Kier molecular flexibility index (Phi) is 4.51. The second-order valence-corrected chi connectivity index (χ2v) is 4.47. The van der Waals surface area contributed by atoms with Crippen LogP contribution in [0.3, 0.4) is 0 Å². The van der Waals surface area contributed by atoms with Crippen LogP contribution in [0.2, 0.25) is 0 Å². The van der Waals surface area contributed by atoms with Crippen LogP contribution < -0.4 is 0 Å². The van der Waals surface area contributed by atoms with Crippen LogP contribution in [0, 0.1) is 0 Å². The van der Waals surface area contributed by atoms with E-state index < -0.39 is 5.97 Å². The van der Waals surface area contributed by atoms with Crippen molar-refractivity contribution in [2.75, 3.05) is 19.7 Å². The van der Waals surface area contributed by atoms with Gasteiger partial charge in [-0.25, -0.2) is 4.98 Å². The Morgan fingerprint density at radius 3 is 2.79 bits per heavy atom. The Morgan fingerprint density at radius 2 is 2.21 bits per heavy atom. The fourth-order valence-electron chi connectivity index (χ4n) is 2.08. The van der Waals surface area contributed by atoms with E-state index in [1.165, 1.54) is 12.5 Å². The lowest BCUT2D eigenvalue weighted by Crippen LogP contribution is -2.41. The molecule has 1 amide bonds. The molecule has 0 aliphatic carbocycles. The molecule has 7 nitrogen and oxygen atoms in total. The highest BCUT2D eigenvalue weighted by molar-refractivity contribution is 5.92. The summed E-state index contributed by atoms with van der Waals surface area (Å²) < 4.78 is 5.47. The molecule has 7 heteroatoms. The number of aliphatic carboxylic acids is 1. The number of rotatable bonds is 5. The second-order valence-electron chi connectivity index (χ2n) is 4.47. The van der Waals surface area contributed by atoms with Gasteiger partial charge in [0.25, 0.3) is 5.91 Å². The minimum absolute atomic E-state index is 0.0211. The Morgan fingerprint density at radius 1 is 1.47 bits per heavy atom. The molecule has 0 spiro atoms. The van der Waals surface area contributed by atoms with Crippen LogP contribution in [0.5, 0.6) is 0 Å². The average molecular weight is 267 g/mol. The zero-order valence-electron chi connectivity index (χ0n) is 10.5. The van der Waals surface area contributed by atoms with E-state index in [1.54, 1.807) is 4.90 Å². The van der Waals surface area contributed by atoms with Gasteiger partial charge in [0.05, 0.1) is 31.7 Å². The normalized spacial score (nSPS) is 16.5. The average Bonchev–Trinajstić information content (AvgIpc) is 2.92. The van der Waals surface area contributed by atoms with Crippen molar-refractivity contribution in [3.63, 3.8) is 0 Å². The fourth-order valence-corrected chi connectivity index (χ4v) is 2.08. The summed E-state index contributed by atoms with van der Waals surface area (Å²) in [7, 11) is 0. The summed E-state index contributed by atoms with van der Waals surface area (Å²) >= 11 is 0. The number of carbonyl (C=O) groups is 2. The summed E-state index contributed by atoms with van der Waals surface area (Å²) in [6.45, 7) is 1.47. The number of hydrogen-bond donors (Lipinski definition) is 2. The van der Waals surface area contributed by atoms with Crippen LogP contribution in [0.15, 0.2) is 12.5 Å². The van der Waals surface area contributed by atoms with E-state index in [-0.39, 0.29) is 25.0 Å². The van der Waals surface area contributed by atoms with Crippen LogP contribution in [0.4, 0.5) is 0 Å². The van der Waals surface area contributed by atoms with E-state index in [2.05, 4.69) is 9.97 Å². The Bertz CT molecular complexity index is 424. The van der Waals surface area contributed by atoms with Crippen molar-refractivity contribution < 1.29 is 19.4 Å². The van der Waals surface area contributed by atoms with E-state index in [1.807, 2.05) is 0 Å². The molecule has 104 valence electrons. The number of imidazole rings is 1. The number of carboxylic acids is 1. The first-order valence-corrected chi connectivity index (χ1v) is 6.28. The van der Waals surface area contributed by atoms with Gasteiger partial charge < -0.3 is 19.7 Å². The molecule has 2 rings (SSSR count). The molecule has 0 saturated carbocycles. The highest BCUT2D eigenvalue weighted by Crippen LogP contribution is 2.15. The number of nitrogens with zero attached hydrogens (tertiary/aromatic N) is 2. The van der Waals surface area contributed by atoms with Crippen molar-refractivity contribution >= 4 is 11.9 Å². The number of aromatic amines is 1. The second kappa shape index (κ2) is 6.33. The molecule has 0 atom stereocenters. The molecule has 0 bridgehead atoms. The largest absolute Gasteiger partial charge is 0.481 e. The fraction of sp³-hybridized carbons (Fsp3) is 0.583. The van der Waals surface area contributed by atoms with Gasteiger partial charge in [0.1, 0.15) is 5.69 Å². The number of nitrogens with one attached hydrogen (secondary N) is 1. The third-order valence-corrected chi connectivity index (χ3v) is 3.13. The molecule has 1 aromatic heterocycles. The lowest BCUT2D eigenvalue weighted by Gasteiger charge is -2.31. The minimum Gasteiger partial charge on any atom is -0.481 e. The quantitative estimate of drug-likeness (QED) is 0.810. The zero-order chi connectivity index (χ0) is 13.7. The first-order valence-electron chi connectivity index (χ1n) is 6.28. The number of amides is 1. The van der Waals surface area contributed by atoms with Crippen molar-refractivity contribution in [2.45, 2.75) is 25.4 Å². The molecule has 1 aliphatic rings. The number of carboxylic acid groups (broad SMARTS) is 1. The monoisotopic (exact) mass is 267 g/mol.